The Labute approximate surface area is 39.7 Å². The molecule has 1 aromatic heterocycles. The summed E-state index contributed by atoms with van der Waals surface area (Å²) in [6, 6.07) is 0. The van der Waals surface area contributed by atoms with Crippen LogP contribution in [0.2, 0.25) is 0 Å². The molecule has 7 heavy (non-hydrogen) atoms. The van der Waals surface area contributed by atoms with E-state index in [1.807, 2.05) is 0 Å². The molecular weight excluding hydrogens is 96.0 g/mol. The zero-order valence-corrected chi connectivity index (χ0v) is 3.50. The molecule has 0 saturated heterocycles. The summed E-state index contributed by atoms with van der Waals surface area (Å²) in [6.07, 6.45) is 1.23. The zero-order chi connectivity index (χ0) is 5.11. The van der Waals surface area contributed by atoms with E-state index in [4.69, 9.17) is 0 Å². The van der Waals surface area contributed by atoms with Crippen LogP contribution in [0, 0.1) is 0 Å². The second-order valence-electron chi connectivity index (χ2n) is 1.04. The largest absolute Gasteiger partial charge is 0.345 e. The fourth-order valence-corrected chi connectivity index (χ4v) is 0.247. The highest BCUT2D eigenvalue weighted by atomic mass is 16.5. The van der Waals surface area contributed by atoms with Crippen LogP contribution in [-0.4, -0.2) is 10.4 Å². The minimum Gasteiger partial charge on any atom is -0.345 e. The number of hydrogen-bond acceptors (Lipinski definition) is 3. The highest BCUT2D eigenvalue weighted by Crippen LogP contribution is 1.87. The van der Waals surface area contributed by atoms with Crippen LogP contribution in [0.3, 0.4) is 0 Å². The monoisotopic (exact) mass is 99.0 g/mol. The molecule has 0 spiro atoms. The lowest BCUT2D eigenvalue weighted by atomic mass is 10.5. The predicted molar refractivity (Wildman–Crippen MR) is 18.7 cm³/mol. The molecule has 0 unspecified atom stereocenters. The molecular formula is C3H3N2O2. The van der Waals surface area contributed by atoms with E-state index in [9.17, 15) is 5.11 Å². The summed E-state index contributed by atoms with van der Waals surface area (Å²) >= 11 is 0. The van der Waals surface area contributed by atoms with Crippen molar-refractivity contribution in [2.75, 3.05) is 0 Å². The molecule has 1 radical (unpaired) electrons. The Balaban J connectivity index is 2.76. The smallest absolute Gasteiger partial charge is 0.150 e. The summed E-state index contributed by atoms with van der Waals surface area (Å²) in [4.78, 5) is 0. The first-order valence-corrected chi connectivity index (χ1v) is 1.77. The van der Waals surface area contributed by atoms with Crippen LogP contribution < -0.4 is 0 Å². The molecule has 4 nitrogen and oxygen atoms in total. The fourth-order valence-electron chi connectivity index (χ4n) is 0.247. The first-order valence-electron chi connectivity index (χ1n) is 1.77. The van der Waals surface area contributed by atoms with Gasteiger partial charge in [-0.2, -0.15) is 0 Å². The molecule has 0 fully saturated rings. The lowest BCUT2D eigenvalue weighted by Gasteiger charge is -1.69. The minimum atomic E-state index is -0.358. The summed E-state index contributed by atoms with van der Waals surface area (Å²) in [5, 5.41) is 16.2. The van der Waals surface area contributed by atoms with Crippen molar-refractivity contribution in [2.24, 2.45) is 0 Å². The van der Waals surface area contributed by atoms with E-state index in [-0.39, 0.29) is 6.61 Å². The Morgan fingerprint density at radius 2 is 2.71 bits per heavy atom. The van der Waals surface area contributed by atoms with E-state index in [2.05, 4.69) is 14.9 Å². The van der Waals surface area contributed by atoms with Gasteiger partial charge >= 0.3 is 0 Å². The first-order chi connectivity index (χ1) is 3.43. The van der Waals surface area contributed by atoms with Gasteiger partial charge in [0.05, 0.1) is 0 Å². The van der Waals surface area contributed by atoms with E-state index in [1.54, 1.807) is 0 Å². The lowest BCUT2D eigenvalue weighted by Crippen LogP contribution is -1.77. The molecule has 1 heterocycles. The number of hydrogen-bond donors (Lipinski definition) is 0. The average Bonchev–Trinajstić information content (AvgIpc) is 2.14. The third-order valence-corrected chi connectivity index (χ3v) is 0.553. The fraction of sp³-hybridized carbons (Fsp3) is 0.333. The van der Waals surface area contributed by atoms with Crippen molar-refractivity contribution < 1.29 is 9.63 Å². The predicted octanol–water partition coefficient (Wildman–Crippen LogP) is 0.0001000. The first kappa shape index (κ1) is 4.26. The highest BCUT2D eigenvalue weighted by molar-refractivity contribution is 4.82. The Morgan fingerprint density at radius 3 is 3.00 bits per heavy atom. The quantitative estimate of drug-likeness (QED) is 0.497. The SMILES string of the molecule is [O]Cc1conn1. The van der Waals surface area contributed by atoms with Crippen LogP contribution in [0.1, 0.15) is 5.69 Å². The molecule has 1 rings (SSSR count). The average molecular weight is 99.1 g/mol. The van der Waals surface area contributed by atoms with Crippen LogP contribution in [0.15, 0.2) is 10.8 Å². The molecule has 0 aliphatic heterocycles. The topological polar surface area (TPSA) is 58.8 Å². The van der Waals surface area contributed by atoms with Crippen molar-refractivity contribution in [3.63, 3.8) is 0 Å². The molecule has 0 aliphatic rings. The second kappa shape index (κ2) is 1.70. The maximum Gasteiger partial charge on any atom is 0.150 e. The molecule has 0 N–H and O–H groups in total. The molecule has 0 amide bonds. The van der Waals surface area contributed by atoms with Crippen molar-refractivity contribution in [3.8, 4) is 0 Å². The number of nitrogens with zero attached hydrogens (tertiary/aromatic N) is 2. The van der Waals surface area contributed by atoms with Crippen LogP contribution in [-0.2, 0) is 11.7 Å². The minimum absolute atomic E-state index is 0.347. The maximum absolute atomic E-state index is 9.83. The summed E-state index contributed by atoms with van der Waals surface area (Å²) in [6.45, 7) is -0.358. The van der Waals surface area contributed by atoms with Gasteiger partial charge in [-0.05, 0) is 0 Å². The van der Waals surface area contributed by atoms with Gasteiger partial charge in [0, 0.05) is 5.27 Å². The summed E-state index contributed by atoms with van der Waals surface area (Å²) in [5.74, 6) is 0. The third-order valence-electron chi connectivity index (χ3n) is 0.553. The van der Waals surface area contributed by atoms with Crippen LogP contribution in [0.25, 0.3) is 0 Å². The normalized spacial score (nSPS) is 9.29. The Kier molecular flexibility index (Phi) is 1.04. The van der Waals surface area contributed by atoms with Gasteiger partial charge in [0.2, 0.25) is 0 Å². The molecule has 37 valence electrons. The van der Waals surface area contributed by atoms with Gasteiger partial charge in [0.15, 0.2) is 0 Å². The lowest BCUT2D eigenvalue weighted by molar-refractivity contribution is 0.173. The van der Waals surface area contributed by atoms with Crippen LogP contribution in [0.5, 0.6) is 0 Å². The Hall–Kier alpha value is -0.900. The van der Waals surface area contributed by atoms with Gasteiger partial charge in [-0.1, -0.05) is 0 Å². The maximum atomic E-state index is 9.83. The molecule has 4 heteroatoms. The Morgan fingerprint density at radius 1 is 1.86 bits per heavy atom. The molecule has 0 saturated carbocycles. The van der Waals surface area contributed by atoms with Gasteiger partial charge < -0.3 is 4.52 Å². The van der Waals surface area contributed by atoms with E-state index in [1.165, 1.54) is 6.26 Å². The second-order valence-corrected chi connectivity index (χ2v) is 1.04. The van der Waals surface area contributed by atoms with Gasteiger partial charge in [-0.15, -0.1) is 5.10 Å². The van der Waals surface area contributed by atoms with E-state index in [0.29, 0.717) is 5.69 Å². The Bertz CT molecular complexity index is 125. The van der Waals surface area contributed by atoms with E-state index in [0.717, 1.165) is 0 Å². The third kappa shape index (κ3) is 0.747. The van der Waals surface area contributed by atoms with E-state index < -0.39 is 0 Å². The van der Waals surface area contributed by atoms with Crippen LogP contribution >= 0.6 is 0 Å². The van der Waals surface area contributed by atoms with Crippen molar-refractivity contribution in [1.29, 1.82) is 0 Å². The van der Waals surface area contributed by atoms with Gasteiger partial charge in [-0.3, -0.25) is 0 Å². The van der Waals surface area contributed by atoms with Gasteiger partial charge in [-0.25, -0.2) is 5.11 Å². The molecule has 0 bridgehead atoms. The van der Waals surface area contributed by atoms with Crippen molar-refractivity contribution in [3.05, 3.63) is 12.0 Å². The standard InChI is InChI=1S/C3H3N2O2/c6-1-3-2-7-5-4-3/h2H,1H2. The molecule has 0 aliphatic carbocycles. The number of aromatic nitrogens is 2. The van der Waals surface area contributed by atoms with Crippen molar-refractivity contribution in [2.45, 2.75) is 6.61 Å². The molecule has 0 aromatic carbocycles. The number of rotatable bonds is 1. The van der Waals surface area contributed by atoms with Gasteiger partial charge in [0.25, 0.3) is 0 Å². The van der Waals surface area contributed by atoms with Gasteiger partial charge in [0.1, 0.15) is 18.6 Å². The summed E-state index contributed by atoms with van der Waals surface area (Å²) in [7, 11) is 0. The van der Waals surface area contributed by atoms with Crippen molar-refractivity contribution >= 4 is 0 Å². The molecule has 1 aromatic rings. The highest BCUT2D eigenvalue weighted by Gasteiger charge is 1.90. The van der Waals surface area contributed by atoms with E-state index >= 15 is 0 Å². The summed E-state index contributed by atoms with van der Waals surface area (Å²) < 4.78 is 4.24. The summed E-state index contributed by atoms with van der Waals surface area (Å²) in [5.41, 5.74) is 0.347. The van der Waals surface area contributed by atoms with Crippen LogP contribution in [0.4, 0.5) is 0 Å². The molecule has 0 atom stereocenters. The van der Waals surface area contributed by atoms with Crippen molar-refractivity contribution in [1.82, 2.24) is 10.4 Å². The zero-order valence-electron chi connectivity index (χ0n) is 3.50.